The Morgan fingerprint density at radius 2 is 0.696 bits per heavy atom. The van der Waals surface area contributed by atoms with Crippen LogP contribution < -0.4 is 0 Å². The Morgan fingerprint density at radius 3 is 1.35 bits per heavy atom. The van der Waals surface area contributed by atoms with E-state index >= 15 is 0 Å². The minimum atomic E-state index is 0.554. The molecule has 0 bridgehead atoms. The summed E-state index contributed by atoms with van der Waals surface area (Å²) >= 11 is 0. The van der Waals surface area contributed by atoms with E-state index in [1.807, 2.05) is 6.07 Å². The van der Waals surface area contributed by atoms with Crippen LogP contribution in [0.25, 0.3) is 128 Å². The molecule has 14 aromatic rings. The van der Waals surface area contributed by atoms with E-state index in [-0.39, 0.29) is 0 Å². The van der Waals surface area contributed by atoms with Gasteiger partial charge < -0.3 is 9.13 Å². The van der Waals surface area contributed by atoms with Crippen molar-refractivity contribution in [3.8, 4) is 62.4 Å². The summed E-state index contributed by atoms with van der Waals surface area (Å²) in [5, 5.41) is 7.09. The van der Waals surface area contributed by atoms with Gasteiger partial charge in [0.25, 0.3) is 0 Å². The van der Waals surface area contributed by atoms with Crippen molar-refractivity contribution in [2.45, 2.75) is 0 Å². The minimum absolute atomic E-state index is 0.554. The molecule has 0 amide bonds. The predicted molar refractivity (Wildman–Crippen MR) is 285 cm³/mol. The Labute approximate surface area is 397 Å². The van der Waals surface area contributed by atoms with E-state index in [0.29, 0.717) is 17.6 Å². The number of aromatic nitrogens is 6. The van der Waals surface area contributed by atoms with Gasteiger partial charge >= 0.3 is 0 Å². The van der Waals surface area contributed by atoms with Gasteiger partial charge in [0.1, 0.15) is 0 Å². The van der Waals surface area contributed by atoms with E-state index in [4.69, 9.17) is 15.0 Å². The molecule has 0 aliphatic rings. The fourth-order valence-electron chi connectivity index (χ4n) is 10.6. The lowest BCUT2D eigenvalue weighted by Gasteiger charge is -2.13. The van der Waals surface area contributed by atoms with Gasteiger partial charge in [-0.3, -0.25) is 4.57 Å². The third-order valence-corrected chi connectivity index (χ3v) is 13.7. The summed E-state index contributed by atoms with van der Waals surface area (Å²) in [5.74, 6) is 1.74. The van der Waals surface area contributed by atoms with Crippen LogP contribution in [0.2, 0.25) is 0 Å². The van der Waals surface area contributed by atoms with Gasteiger partial charge in [-0.1, -0.05) is 182 Å². The van der Waals surface area contributed by atoms with Gasteiger partial charge in [-0.05, 0) is 82.9 Å². The van der Waals surface area contributed by atoms with Gasteiger partial charge in [0.05, 0.1) is 33.1 Å². The van der Waals surface area contributed by atoms with Crippen molar-refractivity contribution in [3.05, 3.63) is 243 Å². The quantitative estimate of drug-likeness (QED) is 0.160. The van der Waals surface area contributed by atoms with Crippen LogP contribution in [0.3, 0.4) is 0 Å². The summed E-state index contributed by atoms with van der Waals surface area (Å²) < 4.78 is 6.99. The molecule has 6 nitrogen and oxygen atoms in total. The number of rotatable bonds is 7. The summed E-state index contributed by atoms with van der Waals surface area (Å²) in [5.41, 5.74) is 15.2. The first-order chi connectivity index (χ1) is 34.2. The van der Waals surface area contributed by atoms with Gasteiger partial charge in [-0.2, -0.15) is 9.97 Å². The topological polar surface area (TPSA) is 53.5 Å². The third kappa shape index (κ3) is 6.23. The zero-order valence-corrected chi connectivity index (χ0v) is 37.3. The first kappa shape index (κ1) is 38.8. The summed E-state index contributed by atoms with van der Waals surface area (Å²) in [6.45, 7) is 0. The molecule has 69 heavy (non-hydrogen) atoms. The molecule has 0 radical (unpaired) electrons. The Bertz CT molecular complexity index is 4280. The largest absolute Gasteiger partial charge is 0.309 e. The Hall–Kier alpha value is -9.39. The Balaban J connectivity index is 0.990. The molecule has 0 spiro atoms. The molecule has 0 N–H and O–H groups in total. The third-order valence-electron chi connectivity index (χ3n) is 13.7. The average molecular weight is 881 g/mol. The van der Waals surface area contributed by atoms with Crippen LogP contribution in [-0.2, 0) is 0 Å². The standard InChI is InChI=1S/C63H40N6/c1-4-18-41(19-5-1)42-34-36-44(37-35-42)61-64-62(66-63(65-61)69-56-32-15-12-28-51(56)60-48(29-17-33-57(60)69)43-20-6-2-7-21-43)45-22-16-25-47(38-45)68-55-31-14-11-27-50(55)53-39-58-52(40-59(53)68)49-26-10-13-30-54(49)67(58)46-23-8-3-9-24-46/h1-40H. The second-order valence-corrected chi connectivity index (χ2v) is 17.6. The summed E-state index contributed by atoms with van der Waals surface area (Å²) in [4.78, 5) is 16.1. The number of fused-ring (bicyclic) bond motifs is 9. The molecule has 0 saturated carbocycles. The molecule has 0 saturated heterocycles. The molecular formula is C63H40N6. The van der Waals surface area contributed by atoms with Gasteiger partial charge in [-0.25, -0.2) is 4.98 Å². The van der Waals surface area contributed by atoms with Gasteiger partial charge in [0.2, 0.25) is 5.95 Å². The molecule has 4 heterocycles. The van der Waals surface area contributed by atoms with Gasteiger partial charge in [0, 0.05) is 54.8 Å². The lowest BCUT2D eigenvalue weighted by Crippen LogP contribution is -2.06. The maximum atomic E-state index is 5.42. The molecule has 0 atom stereocenters. The Kier molecular flexibility index (Phi) is 8.79. The number of nitrogens with zero attached hydrogens (tertiary/aromatic N) is 6. The average Bonchev–Trinajstić information content (AvgIpc) is 4.06. The molecule has 322 valence electrons. The molecule has 14 rings (SSSR count). The van der Waals surface area contributed by atoms with Crippen molar-refractivity contribution in [3.63, 3.8) is 0 Å². The van der Waals surface area contributed by atoms with E-state index < -0.39 is 0 Å². The lowest BCUT2D eigenvalue weighted by atomic mass is 9.99. The highest BCUT2D eigenvalue weighted by molar-refractivity contribution is 6.19. The number of para-hydroxylation sites is 4. The molecule has 0 fully saturated rings. The van der Waals surface area contributed by atoms with E-state index in [9.17, 15) is 0 Å². The van der Waals surface area contributed by atoms with Crippen molar-refractivity contribution >= 4 is 65.4 Å². The van der Waals surface area contributed by atoms with Crippen molar-refractivity contribution in [2.75, 3.05) is 0 Å². The first-order valence-corrected chi connectivity index (χ1v) is 23.4. The molecule has 0 aliphatic heterocycles. The molecule has 4 aromatic heterocycles. The molecule has 6 heteroatoms. The van der Waals surface area contributed by atoms with Gasteiger partial charge in [-0.15, -0.1) is 0 Å². The molecule has 0 aliphatic carbocycles. The van der Waals surface area contributed by atoms with E-state index in [2.05, 4.69) is 250 Å². The fourth-order valence-corrected chi connectivity index (χ4v) is 10.6. The number of hydrogen-bond donors (Lipinski definition) is 0. The van der Waals surface area contributed by atoms with Crippen LogP contribution in [0, 0.1) is 0 Å². The van der Waals surface area contributed by atoms with Crippen LogP contribution in [0.5, 0.6) is 0 Å². The lowest BCUT2D eigenvalue weighted by molar-refractivity contribution is 0.953. The molecule has 10 aromatic carbocycles. The van der Waals surface area contributed by atoms with E-state index in [1.54, 1.807) is 0 Å². The van der Waals surface area contributed by atoms with Crippen molar-refractivity contribution in [1.82, 2.24) is 28.7 Å². The highest BCUT2D eigenvalue weighted by Gasteiger charge is 2.22. The SMILES string of the molecule is c1ccc(-c2ccc(-c3nc(-c4cccc(-n5c6ccccc6c6cc7c(cc65)c5ccccc5n7-c5ccccc5)c4)nc(-n4c5ccccc5c5c(-c6ccccc6)cccc54)n3)cc2)cc1. The predicted octanol–water partition coefficient (Wildman–Crippen LogP) is 15.8. The summed E-state index contributed by atoms with van der Waals surface area (Å²) in [7, 11) is 0. The van der Waals surface area contributed by atoms with Crippen molar-refractivity contribution in [1.29, 1.82) is 0 Å². The maximum absolute atomic E-state index is 5.42. The van der Waals surface area contributed by atoms with Crippen molar-refractivity contribution < 1.29 is 0 Å². The second kappa shape index (κ2) is 15.6. The maximum Gasteiger partial charge on any atom is 0.238 e. The van der Waals surface area contributed by atoms with E-state index in [1.165, 1.54) is 32.6 Å². The number of benzene rings is 10. The zero-order valence-electron chi connectivity index (χ0n) is 37.3. The smallest absolute Gasteiger partial charge is 0.238 e. The number of hydrogen-bond acceptors (Lipinski definition) is 3. The van der Waals surface area contributed by atoms with Crippen LogP contribution in [-0.4, -0.2) is 28.7 Å². The summed E-state index contributed by atoms with van der Waals surface area (Å²) in [6.07, 6.45) is 0. The van der Waals surface area contributed by atoms with Gasteiger partial charge in [0.15, 0.2) is 11.6 Å². The normalized spacial score (nSPS) is 11.8. The monoisotopic (exact) mass is 880 g/mol. The highest BCUT2D eigenvalue weighted by Crippen LogP contribution is 2.41. The van der Waals surface area contributed by atoms with Crippen LogP contribution >= 0.6 is 0 Å². The first-order valence-electron chi connectivity index (χ1n) is 23.4. The summed E-state index contributed by atoms with van der Waals surface area (Å²) in [6, 6.07) is 86.2. The molecular weight excluding hydrogens is 841 g/mol. The minimum Gasteiger partial charge on any atom is -0.309 e. The highest BCUT2D eigenvalue weighted by atomic mass is 15.2. The molecule has 0 unspecified atom stereocenters. The van der Waals surface area contributed by atoms with E-state index in [0.717, 1.165) is 77.6 Å². The second-order valence-electron chi connectivity index (χ2n) is 17.6. The Morgan fingerprint density at radius 1 is 0.246 bits per heavy atom. The van der Waals surface area contributed by atoms with Crippen LogP contribution in [0.4, 0.5) is 0 Å². The fraction of sp³-hybridized carbons (Fsp3) is 0. The van der Waals surface area contributed by atoms with Crippen LogP contribution in [0.15, 0.2) is 243 Å². The van der Waals surface area contributed by atoms with Crippen LogP contribution in [0.1, 0.15) is 0 Å². The van der Waals surface area contributed by atoms with Crippen molar-refractivity contribution in [2.24, 2.45) is 0 Å². The zero-order chi connectivity index (χ0) is 45.4.